The summed E-state index contributed by atoms with van der Waals surface area (Å²) in [4.78, 5) is 7.22. The van der Waals surface area contributed by atoms with E-state index in [1.54, 1.807) is 11.3 Å². The van der Waals surface area contributed by atoms with Crippen LogP contribution in [0.4, 0.5) is 5.13 Å². The number of thiazole rings is 1. The van der Waals surface area contributed by atoms with E-state index in [0.29, 0.717) is 11.6 Å². The molecule has 27 heavy (non-hydrogen) atoms. The van der Waals surface area contributed by atoms with Gasteiger partial charge in [-0.15, -0.1) is 0 Å². The lowest BCUT2D eigenvalue weighted by atomic mass is 9.97. The molecule has 2 heterocycles. The first-order chi connectivity index (χ1) is 13.3. The molecule has 6 heteroatoms. The lowest BCUT2D eigenvalue weighted by Gasteiger charge is -2.31. The molecule has 4 rings (SSSR count). The number of benzene rings is 2. The van der Waals surface area contributed by atoms with E-state index < -0.39 is 0 Å². The molecule has 142 valence electrons. The Kier molecular flexibility index (Phi) is 6.12. The topological polar surface area (TPSA) is 37.4 Å². The van der Waals surface area contributed by atoms with Crippen LogP contribution >= 0.6 is 22.9 Å². The maximum atomic E-state index is 5.96. The average molecular weight is 402 g/mol. The molecule has 0 spiro atoms. The number of hydrogen-bond acceptors (Lipinski definition) is 5. The first-order valence-corrected chi connectivity index (χ1v) is 10.7. The van der Waals surface area contributed by atoms with E-state index in [-0.39, 0.29) is 0 Å². The van der Waals surface area contributed by atoms with E-state index in [2.05, 4.69) is 34.5 Å². The lowest BCUT2D eigenvalue weighted by molar-refractivity contribution is 0.302. The van der Waals surface area contributed by atoms with Crippen LogP contribution in [0.3, 0.4) is 0 Å². The van der Waals surface area contributed by atoms with Gasteiger partial charge < -0.3 is 15.0 Å². The summed E-state index contributed by atoms with van der Waals surface area (Å²) < 4.78 is 6.99. The third-order valence-corrected chi connectivity index (χ3v) is 6.28. The highest BCUT2D eigenvalue weighted by atomic mass is 35.5. The zero-order chi connectivity index (χ0) is 18.5. The number of piperidine rings is 1. The van der Waals surface area contributed by atoms with Gasteiger partial charge in [-0.1, -0.05) is 41.1 Å². The summed E-state index contributed by atoms with van der Waals surface area (Å²) in [5.41, 5.74) is 1.11. The van der Waals surface area contributed by atoms with Crippen molar-refractivity contribution in [1.82, 2.24) is 10.3 Å². The molecule has 2 aromatic carbocycles. The van der Waals surface area contributed by atoms with Gasteiger partial charge in [-0.2, -0.15) is 0 Å². The van der Waals surface area contributed by atoms with Gasteiger partial charge in [0.1, 0.15) is 12.4 Å². The Bertz CT molecular complexity index is 843. The van der Waals surface area contributed by atoms with Gasteiger partial charge in [0.25, 0.3) is 0 Å². The van der Waals surface area contributed by atoms with Gasteiger partial charge >= 0.3 is 0 Å². The fourth-order valence-electron chi connectivity index (χ4n) is 3.43. The molecule has 3 aromatic rings. The van der Waals surface area contributed by atoms with Crippen molar-refractivity contribution in [1.29, 1.82) is 0 Å². The Hall–Kier alpha value is -1.82. The van der Waals surface area contributed by atoms with Gasteiger partial charge in [0, 0.05) is 24.7 Å². The van der Waals surface area contributed by atoms with Crippen LogP contribution in [0.1, 0.15) is 12.8 Å². The van der Waals surface area contributed by atoms with Gasteiger partial charge in [-0.3, -0.25) is 0 Å². The highest BCUT2D eigenvalue weighted by molar-refractivity contribution is 7.22. The normalized spacial score (nSPS) is 15.4. The van der Waals surface area contributed by atoms with Crippen molar-refractivity contribution in [2.24, 2.45) is 5.92 Å². The second-order valence-corrected chi connectivity index (χ2v) is 8.35. The number of nitrogens with zero attached hydrogens (tertiary/aromatic N) is 2. The second kappa shape index (κ2) is 8.91. The minimum atomic E-state index is 0.658. The number of hydrogen-bond donors (Lipinski definition) is 1. The maximum absolute atomic E-state index is 5.96. The molecule has 0 aliphatic carbocycles. The Morgan fingerprint density at radius 3 is 2.81 bits per heavy atom. The van der Waals surface area contributed by atoms with Crippen molar-refractivity contribution in [2.45, 2.75) is 12.8 Å². The first-order valence-electron chi connectivity index (χ1n) is 9.47. The molecule has 0 unspecified atom stereocenters. The molecule has 0 amide bonds. The van der Waals surface area contributed by atoms with E-state index in [1.165, 1.54) is 17.5 Å². The second-order valence-electron chi connectivity index (χ2n) is 6.90. The number of fused-ring (bicyclic) bond motifs is 1. The van der Waals surface area contributed by atoms with Crippen LogP contribution in [0, 0.1) is 5.92 Å². The summed E-state index contributed by atoms with van der Waals surface area (Å²) in [5.74, 6) is 1.55. The van der Waals surface area contributed by atoms with Crippen LogP contribution < -0.4 is 15.0 Å². The van der Waals surface area contributed by atoms with E-state index in [1.807, 2.05) is 24.3 Å². The minimum Gasteiger partial charge on any atom is -0.492 e. The molecule has 1 aromatic heterocycles. The van der Waals surface area contributed by atoms with Crippen LogP contribution in [-0.2, 0) is 0 Å². The van der Waals surface area contributed by atoms with Crippen molar-refractivity contribution in [3.8, 4) is 5.75 Å². The van der Waals surface area contributed by atoms with Gasteiger partial charge in [-0.25, -0.2) is 4.98 Å². The maximum Gasteiger partial charge on any atom is 0.186 e. The molecule has 1 aliphatic rings. The van der Waals surface area contributed by atoms with Crippen molar-refractivity contribution in [2.75, 3.05) is 37.7 Å². The quantitative estimate of drug-likeness (QED) is 0.575. The summed E-state index contributed by atoms with van der Waals surface area (Å²) in [6.45, 7) is 4.73. The van der Waals surface area contributed by atoms with E-state index in [9.17, 15) is 0 Å². The molecular formula is C21H24ClN3OS. The van der Waals surface area contributed by atoms with Crippen LogP contribution in [-0.4, -0.2) is 37.8 Å². The summed E-state index contributed by atoms with van der Waals surface area (Å²) >= 11 is 7.76. The number of ether oxygens (including phenoxy) is 1. The third-order valence-electron chi connectivity index (χ3n) is 4.94. The highest BCUT2D eigenvalue weighted by Gasteiger charge is 2.21. The first kappa shape index (κ1) is 18.5. The number of aromatic nitrogens is 1. The molecule has 0 saturated carbocycles. The van der Waals surface area contributed by atoms with E-state index in [0.717, 1.165) is 48.5 Å². The fraction of sp³-hybridized carbons (Fsp3) is 0.381. The van der Waals surface area contributed by atoms with Crippen molar-refractivity contribution >= 4 is 38.3 Å². The summed E-state index contributed by atoms with van der Waals surface area (Å²) in [5, 5.41) is 5.40. The lowest BCUT2D eigenvalue weighted by Crippen LogP contribution is -2.38. The van der Waals surface area contributed by atoms with E-state index >= 15 is 0 Å². The number of rotatable bonds is 7. The van der Waals surface area contributed by atoms with Gasteiger partial charge in [0.15, 0.2) is 5.13 Å². The molecule has 1 aliphatic heterocycles. The number of nitrogens with one attached hydrogen (secondary N) is 1. The van der Waals surface area contributed by atoms with Crippen molar-refractivity contribution in [3.05, 3.63) is 53.6 Å². The fourth-order valence-corrected chi connectivity index (χ4v) is 4.63. The summed E-state index contributed by atoms with van der Waals surface area (Å²) in [6, 6.07) is 15.9. The average Bonchev–Trinajstić information content (AvgIpc) is 3.12. The highest BCUT2D eigenvalue weighted by Crippen LogP contribution is 2.31. The Morgan fingerprint density at radius 2 is 2.00 bits per heavy atom. The Balaban J connectivity index is 1.16. The summed E-state index contributed by atoms with van der Waals surface area (Å²) in [6.07, 6.45) is 2.41. The molecule has 1 saturated heterocycles. The number of anilines is 1. The van der Waals surface area contributed by atoms with Crippen LogP contribution in [0.2, 0.25) is 5.02 Å². The minimum absolute atomic E-state index is 0.658. The van der Waals surface area contributed by atoms with Gasteiger partial charge in [0.05, 0.1) is 10.2 Å². The molecule has 4 nitrogen and oxygen atoms in total. The molecule has 1 fully saturated rings. The smallest absolute Gasteiger partial charge is 0.186 e. The molecule has 1 N–H and O–H groups in total. The zero-order valence-corrected chi connectivity index (χ0v) is 16.8. The van der Waals surface area contributed by atoms with Gasteiger partial charge in [0.2, 0.25) is 0 Å². The SMILES string of the molecule is Clc1cccc(OCCNCC2CCN(c3nc4ccccc4s3)CC2)c1. The van der Waals surface area contributed by atoms with E-state index in [4.69, 9.17) is 21.3 Å². The number of halogens is 1. The predicted octanol–water partition coefficient (Wildman–Crippen LogP) is 4.83. The van der Waals surface area contributed by atoms with Gasteiger partial charge in [-0.05, 0) is 55.6 Å². The van der Waals surface area contributed by atoms with Crippen LogP contribution in [0.15, 0.2) is 48.5 Å². The predicted molar refractivity (Wildman–Crippen MR) is 114 cm³/mol. The molecule has 0 radical (unpaired) electrons. The van der Waals surface area contributed by atoms with Crippen LogP contribution in [0.25, 0.3) is 10.2 Å². The Morgan fingerprint density at radius 1 is 1.15 bits per heavy atom. The third kappa shape index (κ3) is 4.92. The molecule has 0 bridgehead atoms. The number of para-hydroxylation sites is 1. The monoisotopic (exact) mass is 401 g/mol. The zero-order valence-electron chi connectivity index (χ0n) is 15.2. The van der Waals surface area contributed by atoms with Crippen molar-refractivity contribution in [3.63, 3.8) is 0 Å². The largest absolute Gasteiger partial charge is 0.492 e. The summed E-state index contributed by atoms with van der Waals surface area (Å²) in [7, 11) is 0. The standard InChI is InChI=1S/C21H24ClN3OS/c22-17-4-3-5-18(14-17)26-13-10-23-15-16-8-11-25(12-9-16)21-24-19-6-1-2-7-20(19)27-21/h1-7,14,16,23H,8-13,15H2. The van der Waals surface area contributed by atoms with Crippen LogP contribution in [0.5, 0.6) is 5.75 Å². The Labute approximate surface area is 169 Å². The molecular weight excluding hydrogens is 378 g/mol. The van der Waals surface area contributed by atoms with Crippen molar-refractivity contribution < 1.29 is 4.74 Å². The molecule has 0 atom stereocenters.